The fourth-order valence-electron chi connectivity index (χ4n) is 2.30. The molecule has 1 aliphatic rings. The van der Waals surface area contributed by atoms with Crippen molar-refractivity contribution >= 4 is 36.1 Å². The number of amides is 1. The Morgan fingerprint density at radius 2 is 2.32 bits per heavy atom. The van der Waals surface area contributed by atoms with E-state index in [1.807, 2.05) is 0 Å². The Morgan fingerprint density at radius 1 is 1.58 bits per heavy atom. The molecule has 0 aliphatic carbocycles. The van der Waals surface area contributed by atoms with Crippen LogP contribution in [0.5, 0.6) is 0 Å². The molecule has 1 heterocycles. The normalized spacial score (nSPS) is 20.6. The largest absolute Gasteiger partial charge is 0.481 e. The number of nitrogens with zero attached hydrogens (tertiary/aromatic N) is 1. The number of aliphatic carboxylic acids is 1. The minimum atomic E-state index is -0.944. The van der Waals surface area contributed by atoms with E-state index in [2.05, 4.69) is 12.6 Å². The number of carbonyl (C=O) groups excluding carboxylic acids is 1. The molecule has 1 N–H and O–H groups in total. The van der Waals surface area contributed by atoms with E-state index in [0.29, 0.717) is 18.0 Å². The molecule has 1 aliphatic heterocycles. The molecule has 2 atom stereocenters. The third-order valence-electron chi connectivity index (χ3n) is 3.12. The Kier molecular flexibility index (Phi) is 4.37. The van der Waals surface area contributed by atoms with Crippen molar-refractivity contribution in [2.45, 2.75) is 24.1 Å². The highest BCUT2D eigenvalue weighted by Crippen LogP contribution is 2.31. The molecule has 19 heavy (non-hydrogen) atoms. The van der Waals surface area contributed by atoms with E-state index in [9.17, 15) is 9.59 Å². The zero-order chi connectivity index (χ0) is 14.0. The van der Waals surface area contributed by atoms with Crippen molar-refractivity contribution < 1.29 is 14.7 Å². The first-order valence-corrected chi connectivity index (χ1v) is 6.81. The highest BCUT2D eigenvalue weighted by atomic mass is 35.5. The molecule has 0 radical (unpaired) electrons. The lowest BCUT2D eigenvalue weighted by Gasteiger charge is -2.27. The van der Waals surface area contributed by atoms with Crippen LogP contribution >= 0.6 is 24.2 Å². The molecule has 1 aromatic rings. The summed E-state index contributed by atoms with van der Waals surface area (Å²) in [6, 6.07) is 6.48. The van der Waals surface area contributed by atoms with Gasteiger partial charge in [0.25, 0.3) is 0 Å². The van der Waals surface area contributed by atoms with E-state index in [1.165, 1.54) is 0 Å². The number of carboxylic acid groups (broad SMARTS) is 1. The quantitative estimate of drug-likeness (QED) is 0.839. The van der Waals surface area contributed by atoms with Crippen molar-refractivity contribution in [3.63, 3.8) is 0 Å². The summed E-state index contributed by atoms with van der Waals surface area (Å²) in [5.74, 6) is -1.01. The van der Waals surface area contributed by atoms with E-state index in [-0.39, 0.29) is 17.6 Å². The van der Waals surface area contributed by atoms with Crippen molar-refractivity contribution in [1.29, 1.82) is 0 Å². The number of likely N-dealkylation sites (tertiary alicyclic amines) is 1. The molecule has 2 unspecified atom stereocenters. The molecule has 1 amide bonds. The molecule has 6 heteroatoms. The van der Waals surface area contributed by atoms with Crippen LogP contribution in [0.15, 0.2) is 24.3 Å². The second-order valence-corrected chi connectivity index (χ2v) is 5.74. The van der Waals surface area contributed by atoms with Crippen LogP contribution in [0.3, 0.4) is 0 Å². The molecule has 1 saturated heterocycles. The van der Waals surface area contributed by atoms with Crippen LogP contribution in [-0.4, -0.2) is 33.7 Å². The molecule has 0 aromatic heterocycles. The maximum absolute atomic E-state index is 11.9. The van der Waals surface area contributed by atoms with Gasteiger partial charge in [-0.15, -0.1) is 0 Å². The summed E-state index contributed by atoms with van der Waals surface area (Å²) >= 11 is 10.2. The second kappa shape index (κ2) is 5.84. The average Bonchev–Trinajstić information content (AvgIpc) is 2.65. The van der Waals surface area contributed by atoms with Crippen LogP contribution < -0.4 is 0 Å². The molecular formula is C13H14ClNO3S. The molecular weight excluding hydrogens is 286 g/mol. The summed E-state index contributed by atoms with van der Waals surface area (Å²) in [7, 11) is 0. The Morgan fingerprint density at radius 3 is 2.84 bits per heavy atom. The summed E-state index contributed by atoms with van der Waals surface area (Å²) < 4.78 is 0. The maximum Gasteiger partial charge on any atom is 0.305 e. The number of rotatable bonds is 4. The Labute approximate surface area is 121 Å². The van der Waals surface area contributed by atoms with Gasteiger partial charge >= 0.3 is 5.97 Å². The lowest BCUT2D eigenvalue weighted by atomic mass is 10.0. The van der Waals surface area contributed by atoms with Crippen LogP contribution in [0, 0.1) is 0 Å². The molecule has 1 aromatic carbocycles. The smallest absolute Gasteiger partial charge is 0.305 e. The van der Waals surface area contributed by atoms with Gasteiger partial charge in [-0.3, -0.25) is 9.59 Å². The molecule has 102 valence electrons. The average molecular weight is 300 g/mol. The first-order valence-electron chi connectivity index (χ1n) is 5.92. The van der Waals surface area contributed by atoms with Gasteiger partial charge in [-0.05, 0) is 17.7 Å². The summed E-state index contributed by atoms with van der Waals surface area (Å²) in [6.45, 7) is 0.465. The van der Waals surface area contributed by atoms with Gasteiger partial charge in [-0.1, -0.05) is 23.7 Å². The number of hydrogen-bond donors (Lipinski definition) is 2. The number of halogens is 1. The van der Waals surface area contributed by atoms with Gasteiger partial charge in [0.15, 0.2) is 0 Å². The van der Waals surface area contributed by atoms with Gasteiger partial charge in [0.05, 0.1) is 12.5 Å². The number of thiol groups is 1. The second-order valence-electron chi connectivity index (χ2n) is 4.57. The topological polar surface area (TPSA) is 57.6 Å². The molecule has 0 saturated carbocycles. The zero-order valence-corrected chi connectivity index (χ0v) is 11.8. The molecule has 2 rings (SSSR count). The number of carbonyl (C=O) groups is 2. The lowest BCUT2D eigenvalue weighted by Crippen LogP contribution is -2.32. The molecule has 0 spiro atoms. The number of benzene rings is 1. The number of hydrogen-bond acceptors (Lipinski definition) is 3. The summed E-state index contributed by atoms with van der Waals surface area (Å²) in [5, 5.41) is 9.53. The minimum absolute atomic E-state index is 0.0389. The van der Waals surface area contributed by atoms with E-state index in [4.69, 9.17) is 16.7 Å². The van der Waals surface area contributed by atoms with Gasteiger partial charge in [0.2, 0.25) is 5.91 Å². The van der Waals surface area contributed by atoms with Crippen LogP contribution in [0.25, 0.3) is 0 Å². The lowest BCUT2D eigenvalue weighted by molar-refractivity contribution is -0.139. The summed E-state index contributed by atoms with van der Waals surface area (Å²) in [4.78, 5) is 24.5. The van der Waals surface area contributed by atoms with Crippen LogP contribution in [0.4, 0.5) is 0 Å². The Bertz CT molecular complexity index is 508. The SMILES string of the molecule is O=C(O)CC(c1cccc(Cl)c1)N1CC(S)CC1=O. The van der Waals surface area contributed by atoms with E-state index in [1.54, 1.807) is 29.2 Å². The maximum atomic E-state index is 11.9. The Hall–Kier alpha value is -1.20. The van der Waals surface area contributed by atoms with E-state index < -0.39 is 12.0 Å². The van der Waals surface area contributed by atoms with Gasteiger partial charge in [0, 0.05) is 23.2 Å². The van der Waals surface area contributed by atoms with Crippen LogP contribution in [-0.2, 0) is 9.59 Å². The van der Waals surface area contributed by atoms with Crippen LogP contribution in [0.1, 0.15) is 24.4 Å². The zero-order valence-electron chi connectivity index (χ0n) is 10.1. The van der Waals surface area contributed by atoms with E-state index >= 15 is 0 Å². The van der Waals surface area contributed by atoms with Gasteiger partial charge in [0.1, 0.15) is 0 Å². The van der Waals surface area contributed by atoms with Crippen molar-refractivity contribution in [1.82, 2.24) is 4.90 Å². The van der Waals surface area contributed by atoms with Gasteiger partial charge in [-0.25, -0.2) is 0 Å². The first-order chi connectivity index (χ1) is 8.97. The summed E-state index contributed by atoms with van der Waals surface area (Å²) in [5.41, 5.74) is 0.741. The van der Waals surface area contributed by atoms with E-state index in [0.717, 1.165) is 5.56 Å². The third-order valence-corrected chi connectivity index (χ3v) is 3.70. The van der Waals surface area contributed by atoms with Crippen LogP contribution in [0.2, 0.25) is 5.02 Å². The minimum Gasteiger partial charge on any atom is -0.481 e. The molecule has 1 fully saturated rings. The van der Waals surface area contributed by atoms with Crippen molar-refractivity contribution in [3.8, 4) is 0 Å². The first kappa shape index (κ1) is 14.2. The standard InChI is InChI=1S/C13H14ClNO3S/c14-9-3-1-2-8(4-9)11(6-13(17)18)15-7-10(19)5-12(15)16/h1-4,10-11,19H,5-7H2,(H,17,18). The fourth-order valence-corrected chi connectivity index (χ4v) is 2.83. The third kappa shape index (κ3) is 3.42. The van der Waals surface area contributed by atoms with Crippen molar-refractivity contribution in [2.75, 3.05) is 6.54 Å². The summed E-state index contributed by atoms with van der Waals surface area (Å²) in [6.07, 6.45) is 0.215. The number of carboxylic acids is 1. The fraction of sp³-hybridized carbons (Fsp3) is 0.385. The highest BCUT2D eigenvalue weighted by Gasteiger charge is 2.34. The van der Waals surface area contributed by atoms with Crippen molar-refractivity contribution in [3.05, 3.63) is 34.9 Å². The predicted molar refractivity (Wildman–Crippen MR) is 75.5 cm³/mol. The van der Waals surface area contributed by atoms with Gasteiger partial charge in [-0.2, -0.15) is 12.6 Å². The Balaban J connectivity index is 2.30. The predicted octanol–water partition coefficient (Wildman–Crippen LogP) is 2.39. The molecule has 0 bridgehead atoms. The van der Waals surface area contributed by atoms with Gasteiger partial charge < -0.3 is 10.0 Å². The van der Waals surface area contributed by atoms with Crippen molar-refractivity contribution in [2.24, 2.45) is 0 Å². The monoisotopic (exact) mass is 299 g/mol. The highest BCUT2D eigenvalue weighted by molar-refractivity contribution is 7.81. The molecule has 4 nitrogen and oxygen atoms in total.